The standard InChI is InChI=1S/C32H48F2O4/c1-3-5-7-29(33)31(35)37-27-19-13-24(14-20-27)10-9-23-11-15-25(16-12-23)26-17-21-28(22-18-26)38-32(36)30(34)8-6-4-2/h11-12,15-16,24,26-30H,3-10,13-14,17-22H2,1-2H3/t24?,26?,27?,28?,29-,30-/m0/s1. The summed E-state index contributed by atoms with van der Waals surface area (Å²) in [6.45, 7) is 3.97. The molecule has 0 amide bonds. The number of carbonyl (C=O) groups is 2. The van der Waals surface area contributed by atoms with Gasteiger partial charge in [0.2, 0.25) is 0 Å². The van der Waals surface area contributed by atoms with E-state index in [1.54, 1.807) is 0 Å². The molecule has 214 valence electrons. The molecule has 2 atom stereocenters. The van der Waals surface area contributed by atoms with Crippen LogP contribution in [-0.4, -0.2) is 36.5 Å². The summed E-state index contributed by atoms with van der Waals surface area (Å²) in [6, 6.07) is 8.93. The molecule has 0 radical (unpaired) electrons. The highest BCUT2D eigenvalue weighted by atomic mass is 19.1. The van der Waals surface area contributed by atoms with Gasteiger partial charge in [0.1, 0.15) is 12.2 Å². The van der Waals surface area contributed by atoms with Gasteiger partial charge in [-0.3, -0.25) is 0 Å². The van der Waals surface area contributed by atoms with Crippen molar-refractivity contribution in [3.63, 3.8) is 0 Å². The monoisotopic (exact) mass is 534 g/mol. The number of halogens is 2. The van der Waals surface area contributed by atoms with Crippen molar-refractivity contribution in [2.75, 3.05) is 0 Å². The number of hydrogen-bond donors (Lipinski definition) is 0. The molecule has 0 bridgehead atoms. The number of aryl methyl sites for hydroxylation is 1. The van der Waals surface area contributed by atoms with Gasteiger partial charge in [-0.05, 0) is 100 Å². The smallest absolute Gasteiger partial charge is 0.340 e. The Labute approximate surface area is 228 Å². The van der Waals surface area contributed by atoms with E-state index in [-0.39, 0.29) is 25.0 Å². The molecule has 2 aliphatic carbocycles. The van der Waals surface area contributed by atoms with E-state index < -0.39 is 24.3 Å². The minimum absolute atomic E-state index is 0.129. The van der Waals surface area contributed by atoms with E-state index in [1.165, 1.54) is 11.1 Å². The van der Waals surface area contributed by atoms with Crippen LogP contribution in [0.15, 0.2) is 24.3 Å². The molecule has 3 rings (SSSR count). The van der Waals surface area contributed by atoms with Crippen molar-refractivity contribution in [3.8, 4) is 0 Å². The summed E-state index contributed by atoms with van der Waals surface area (Å²) < 4.78 is 38.7. The Morgan fingerprint density at radius 2 is 1.24 bits per heavy atom. The van der Waals surface area contributed by atoms with Crippen LogP contribution in [0.2, 0.25) is 0 Å². The van der Waals surface area contributed by atoms with Gasteiger partial charge in [-0.15, -0.1) is 0 Å². The number of unbranched alkanes of at least 4 members (excludes halogenated alkanes) is 2. The third-order valence-electron chi connectivity index (χ3n) is 8.46. The van der Waals surface area contributed by atoms with E-state index in [0.717, 1.165) is 77.0 Å². The van der Waals surface area contributed by atoms with Crippen LogP contribution < -0.4 is 0 Å². The molecule has 38 heavy (non-hydrogen) atoms. The summed E-state index contributed by atoms with van der Waals surface area (Å²) in [5, 5.41) is 0. The van der Waals surface area contributed by atoms with Crippen LogP contribution in [-0.2, 0) is 25.5 Å². The van der Waals surface area contributed by atoms with E-state index in [0.29, 0.717) is 24.7 Å². The fourth-order valence-corrected chi connectivity index (χ4v) is 5.86. The fourth-order valence-electron chi connectivity index (χ4n) is 5.86. The third kappa shape index (κ3) is 9.96. The molecule has 4 nitrogen and oxygen atoms in total. The second-order valence-electron chi connectivity index (χ2n) is 11.5. The molecule has 0 unspecified atom stereocenters. The number of alkyl halides is 2. The maximum Gasteiger partial charge on any atom is 0.340 e. The first kappa shape index (κ1) is 30.6. The number of carbonyl (C=O) groups excluding carboxylic acids is 2. The molecule has 2 saturated carbocycles. The van der Waals surface area contributed by atoms with Gasteiger partial charge in [-0.25, -0.2) is 18.4 Å². The minimum atomic E-state index is -1.49. The molecule has 2 fully saturated rings. The average molecular weight is 535 g/mol. The van der Waals surface area contributed by atoms with E-state index in [4.69, 9.17) is 9.47 Å². The summed E-state index contributed by atoms with van der Waals surface area (Å²) in [5.41, 5.74) is 2.67. The van der Waals surface area contributed by atoms with Crippen LogP contribution in [0, 0.1) is 5.92 Å². The van der Waals surface area contributed by atoms with E-state index in [2.05, 4.69) is 24.3 Å². The zero-order valence-corrected chi connectivity index (χ0v) is 23.5. The van der Waals surface area contributed by atoms with E-state index in [9.17, 15) is 18.4 Å². The molecule has 0 heterocycles. The summed E-state index contributed by atoms with van der Waals surface area (Å²) in [7, 11) is 0. The maximum absolute atomic E-state index is 13.9. The van der Waals surface area contributed by atoms with E-state index >= 15 is 0 Å². The first-order valence-electron chi connectivity index (χ1n) is 15.2. The van der Waals surface area contributed by atoms with Gasteiger partial charge in [0.15, 0.2) is 12.3 Å². The molecule has 6 heteroatoms. The molecular weight excluding hydrogens is 486 g/mol. The highest BCUT2D eigenvalue weighted by Gasteiger charge is 2.29. The van der Waals surface area contributed by atoms with Gasteiger partial charge in [-0.2, -0.15) is 0 Å². The summed E-state index contributed by atoms with van der Waals surface area (Å²) in [6.07, 6.45) is 9.80. The Balaban J connectivity index is 1.33. The van der Waals surface area contributed by atoms with Crippen LogP contribution in [0.5, 0.6) is 0 Å². The lowest BCUT2D eigenvalue weighted by atomic mass is 9.81. The zero-order valence-electron chi connectivity index (χ0n) is 23.5. The van der Waals surface area contributed by atoms with Crippen molar-refractivity contribution in [2.24, 2.45) is 5.92 Å². The quantitative estimate of drug-likeness (QED) is 0.225. The first-order valence-corrected chi connectivity index (χ1v) is 15.2. The predicted molar refractivity (Wildman–Crippen MR) is 147 cm³/mol. The highest BCUT2D eigenvalue weighted by molar-refractivity contribution is 5.75. The molecule has 2 aliphatic rings. The molecular formula is C32H48F2O4. The lowest BCUT2D eigenvalue weighted by molar-refractivity contribution is -0.158. The average Bonchev–Trinajstić information content (AvgIpc) is 2.94. The second-order valence-corrected chi connectivity index (χ2v) is 11.5. The van der Waals surface area contributed by atoms with Gasteiger partial charge < -0.3 is 9.47 Å². The molecule has 0 aliphatic heterocycles. The van der Waals surface area contributed by atoms with Crippen LogP contribution in [0.3, 0.4) is 0 Å². The van der Waals surface area contributed by atoms with Crippen molar-refractivity contribution in [1.82, 2.24) is 0 Å². The Kier molecular flexibility index (Phi) is 13.0. The predicted octanol–water partition coefficient (Wildman–Crippen LogP) is 8.35. The first-order chi connectivity index (χ1) is 18.4. The fraction of sp³-hybridized carbons (Fsp3) is 0.750. The topological polar surface area (TPSA) is 52.6 Å². The van der Waals surface area contributed by atoms with Gasteiger partial charge in [0.05, 0.1) is 0 Å². The van der Waals surface area contributed by atoms with Gasteiger partial charge in [-0.1, -0.05) is 63.8 Å². The van der Waals surface area contributed by atoms with Crippen molar-refractivity contribution < 1.29 is 27.8 Å². The molecule has 1 aromatic carbocycles. The van der Waals surface area contributed by atoms with E-state index in [1.807, 2.05) is 13.8 Å². The summed E-state index contributed by atoms with van der Waals surface area (Å²) in [4.78, 5) is 23.9. The van der Waals surface area contributed by atoms with Crippen molar-refractivity contribution in [1.29, 1.82) is 0 Å². The van der Waals surface area contributed by atoms with Crippen LogP contribution in [0.1, 0.15) is 127 Å². The SMILES string of the molecule is CCCC[C@H](F)C(=O)OC1CCC(CCc2ccc(C3CCC(OC(=O)[C@@H](F)CCCC)CC3)cc2)CC1. The van der Waals surface area contributed by atoms with Gasteiger partial charge in [0, 0.05) is 0 Å². The molecule has 0 saturated heterocycles. The van der Waals surface area contributed by atoms with Crippen LogP contribution >= 0.6 is 0 Å². The van der Waals surface area contributed by atoms with Crippen LogP contribution in [0.25, 0.3) is 0 Å². The molecule has 0 aromatic heterocycles. The number of ether oxygens (including phenoxy) is 2. The minimum Gasteiger partial charge on any atom is -0.460 e. The van der Waals surface area contributed by atoms with Crippen molar-refractivity contribution >= 4 is 11.9 Å². The zero-order chi connectivity index (χ0) is 27.3. The molecule has 1 aromatic rings. The lowest BCUT2D eigenvalue weighted by Gasteiger charge is -2.29. The number of esters is 2. The number of benzene rings is 1. The Morgan fingerprint density at radius 1 is 0.763 bits per heavy atom. The molecule has 0 N–H and O–H groups in total. The van der Waals surface area contributed by atoms with Gasteiger partial charge >= 0.3 is 11.9 Å². The normalized spacial score (nSPS) is 25.4. The Hall–Kier alpha value is -1.98. The largest absolute Gasteiger partial charge is 0.460 e. The van der Waals surface area contributed by atoms with Gasteiger partial charge in [0.25, 0.3) is 0 Å². The Bertz CT molecular complexity index is 826. The van der Waals surface area contributed by atoms with Crippen molar-refractivity contribution in [3.05, 3.63) is 35.4 Å². The second kappa shape index (κ2) is 16.2. The summed E-state index contributed by atoms with van der Waals surface area (Å²) >= 11 is 0. The lowest BCUT2D eigenvalue weighted by Crippen LogP contribution is -2.29. The number of rotatable bonds is 14. The maximum atomic E-state index is 13.9. The number of hydrogen-bond acceptors (Lipinski definition) is 4. The molecule has 0 spiro atoms. The highest BCUT2D eigenvalue weighted by Crippen LogP contribution is 2.35. The van der Waals surface area contributed by atoms with Crippen LogP contribution in [0.4, 0.5) is 8.78 Å². The Morgan fingerprint density at radius 3 is 1.71 bits per heavy atom. The third-order valence-corrected chi connectivity index (χ3v) is 8.46. The summed E-state index contributed by atoms with van der Waals surface area (Å²) in [5.74, 6) is -0.275. The van der Waals surface area contributed by atoms with Crippen molar-refractivity contribution in [2.45, 2.75) is 147 Å².